The van der Waals surface area contributed by atoms with E-state index in [0.29, 0.717) is 6.54 Å². The van der Waals surface area contributed by atoms with Crippen LogP contribution in [0.4, 0.5) is 0 Å². The summed E-state index contributed by atoms with van der Waals surface area (Å²) in [6.07, 6.45) is 1.03. The normalized spacial score (nSPS) is 11.2. The average molecular weight is 356 g/mol. The quantitative estimate of drug-likeness (QED) is 0.815. The number of aliphatic carboxylic acids is 1. The van der Waals surface area contributed by atoms with Crippen molar-refractivity contribution in [2.24, 2.45) is 5.41 Å². The number of halogens is 1. The maximum absolute atomic E-state index is 12.1. The summed E-state index contributed by atoms with van der Waals surface area (Å²) < 4.78 is 1.03. The molecular weight excluding hydrogens is 334 g/mol. The summed E-state index contributed by atoms with van der Waals surface area (Å²) in [6.45, 7) is 4.24. The van der Waals surface area contributed by atoms with E-state index in [1.165, 1.54) is 5.56 Å². The van der Waals surface area contributed by atoms with Crippen molar-refractivity contribution in [3.8, 4) is 0 Å². The molecule has 116 valence electrons. The van der Waals surface area contributed by atoms with Crippen molar-refractivity contribution in [2.75, 3.05) is 13.6 Å². The number of amides is 1. The number of hydrogen-bond acceptors (Lipinski definition) is 2. The minimum atomic E-state index is -0.870. The van der Waals surface area contributed by atoms with Gasteiger partial charge in [0.2, 0.25) is 5.91 Å². The Morgan fingerprint density at radius 1 is 1.19 bits per heavy atom. The monoisotopic (exact) mass is 355 g/mol. The third-order valence-electron chi connectivity index (χ3n) is 3.33. The zero-order valence-corrected chi connectivity index (χ0v) is 14.3. The Balaban J connectivity index is 2.47. The summed E-state index contributed by atoms with van der Waals surface area (Å²) in [5.41, 5.74) is 0.650. The molecule has 5 heteroatoms. The molecule has 0 unspecified atom stereocenters. The average Bonchev–Trinajstić information content (AvgIpc) is 2.35. The van der Waals surface area contributed by atoms with Gasteiger partial charge in [-0.15, -0.1) is 0 Å². The predicted molar refractivity (Wildman–Crippen MR) is 86.1 cm³/mol. The second-order valence-electron chi connectivity index (χ2n) is 6.10. The molecule has 0 heterocycles. The standard InChI is InChI=1S/C16H22BrNO3/c1-16(2,11-15(20)21)10-14(19)18(3)9-8-12-4-6-13(17)7-5-12/h4-7H,8-11H2,1-3H3,(H,20,21). The molecule has 4 nitrogen and oxygen atoms in total. The van der Waals surface area contributed by atoms with Gasteiger partial charge in [-0.1, -0.05) is 41.9 Å². The predicted octanol–water partition coefficient (Wildman–Crippen LogP) is 3.34. The van der Waals surface area contributed by atoms with Crippen LogP contribution >= 0.6 is 15.9 Å². The van der Waals surface area contributed by atoms with Crippen molar-refractivity contribution >= 4 is 27.8 Å². The van der Waals surface area contributed by atoms with E-state index in [1.807, 2.05) is 38.1 Å². The van der Waals surface area contributed by atoms with E-state index >= 15 is 0 Å². The lowest BCUT2D eigenvalue weighted by atomic mass is 9.85. The first-order valence-electron chi connectivity index (χ1n) is 6.90. The molecule has 0 saturated carbocycles. The summed E-state index contributed by atoms with van der Waals surface area (Å²) >= 11 is 3.39. The molecule has 0 saturated heterocycles. The molecule has 0 radical (unpaired) electrons. The van der Waals surface area contributed by atoms with E-state index in [-0.39, 0.29) is 18.7 Å². The fraction of sp³-hybridized carbons (Fsp3) is 0.500. The number of carbonyl (C=O) groups is 2. The SMILES string of the molecule is CN(CCc1ccc(Br)cc1)C(=O)CC(C)(C)CC(=O)O. The van der Waals surface area contributed by atoms with Crippen molar-refractivity contribution in [3.63, 3.8) is 0 Å². The Morgan fingerprint density at radius 3 is 2.29 bits per heavy atom. The Hall–Kier alpha value is -1.36. The van der Waals surface area contributed by atoms with Gasteiger partial charge in [0.1, 0.15) is 0 Å². The zero-order valence-electron chi connectivity index (χ0n) is 12.7. The van der Waals surface area contributed by atoms with Gasteiger partial charge in [0, 0.05) is 24.5 Å². The molecule has 1 N–H and O–H groups in total. The lowest BCUT2D eigenvalue weighted by Gasteiger charge is -2.25. The van der Waals surface area contributed by atoms with Crippen LogP contribution in [-0.4, -0.2) is 35.5 Å². The van der Waals surface area contributed by atoms with Crippen molar-refractivity contribution in [1.82, 2.24) is 4.90 Å². The number of carbonyl (C=O) groups excluding carboxylic acids is 1. The van der Waals surface area contributed by atoms with Crippen LogP contribution in [-0.2, 0) is 16.0 Å². The van der Waals surface area contributed by atoms with E-state index in [1.54, 1.807) is 11.9 Å². The van der Waals surface area contributed by atoms with Gasteiger partial charge in [0.05, 0.1) is 6.42 Å². The molecule has 1 amide bonds. The lowest BCUT2D eigenvalue weighted by Crippen LogP contribution is -2.33. The largest absolute Gasteiger partial charge is 0.481 e. The van der Waals surface area contributed by atoms with E-state index in [4.69, 9.17) is 5.11 Å². The minimum absolute atomic E-state index is 0.000702. The molecule has 0 fully saturated rings. The number of likely N-dealkylation sites (N-methyl/N-ethyl adjacent to an activating group) is 1. The molecule has 1 aromatic rings. The number of carboxylic acid groups (broad SMARTS) is 1. The molecule has 0 bridgehead atoms. The second kappa shape index (κ2) is 7.59. The van der Waals surface area contributed by atoms with Gasteiger partial charge in [-0.05, 0) is 29.5 Å². The minimum Gasteiger partial charge on any atom is -0.481 e. The molecule has 1 aromatic carbocycles. The van der Waals surface area contributed by atoms with Crippen LogP contribution in [0.2, 0.25) is 0 Å². The molecule has 1 rings (SSSR count). The van der Waals surface area contributed by atoms with Crippen LogP contribution in [0.5, 0.6) is 0 Å². The first-order chi connectivity index (χ1) is 9.69. The van der Waals surface area contributed by atoms with Gasteiger partial charge in [-0.2, -0.15) is 0 Å². The van der Waals surface area contributed by atoms with Crippen molar-refractivity contribution in [2.45, 2.75) is 33.1 Å². The fourth-order valence-corrected chi connectivity index (χ4v) is 2.35. The Kier molecular flexibility index (Phi) is 6.40. The van der Waals surface area contributed by atoms with Gasteiger partial charge in [-0.3, -0.25) is 9.59 Å². The van der Waals surface area contributed by atoms with Gasteiger partial charge in [-0.25, -0.2) is 0 Å². The number of benzene rings is 1. The molecule has 21 heavy (non-hydrogen) atoms. The summed E-state index contributed by atoms with van der Waals surface area (Å²) in [5, 5.41) is 8.85. The maximum atomic E-state index is 12.1. The summed E-state index contributed by atoms with van der Waals surface area (Å²) in [6, 6.07) is 8.01. The smallest absolute Gasteiger partial charge is 0.303 e. The van der Waals surface area contributed by atoms with Crippen molar-refractivity contribution < 1.29 is 14.7 Å². The lowest BCUT2D eigenvalue weighted by molar-refractivity contribution is -0.140. The van der Waals surface area contributed by atoms with Gasteiger partial charge >= 0.3 is 5.97 Å². The van der Waals surface area contributed by atoms with Gasteiger partial charge < -0.3 is 10.0 Å². The second-order valence-corrected chi connectivity index (χ2v) is 7.02. The molecule has 0 aliphatic heterocycles. The summed E-state index contributed by atoms with van der Waals surface area (Å²) in [5.74, 6) is -0.885. The maximum Gasteiger partial charge on any atom is 0.303 e. The molecule has 0 aliphatic carbocycles. The van der Waals surface area contributed by atoms with Gasteiger partial charge in [0.15, 0.2) is 0 Å². The number of carboxylic acids is 1. The van der Waals surface area contributed by atoms with E-state index in [0.717, 1.165) is 10.9 Å². The van der Waals surface area contributed by atoms with E-state index < -0.39 is 11.4 Å². The van der Waals surface area contributed by atoms with Crippen molar-refractivity contribution in [1.29, 1.82) is 0 Å². The number of hydrogen-bond donors (Lipinski definition) is 1. The van der Waals surface area contributed by atoms with E-state index in [9.17, 15) is 9.59 Å². The van der Waals surface area contributed by atoms with Crippen LogP contribution in [0.15, 0.2) is 28.7 Å². The topological polar surface area (TPSA) is 57.6 Å². The van der Waals surface area contributed by atoms with Crippen LogP contribution in [0.25, 0.3) is 0 Å². The molecule has 0 atom stereocenters. The molecular formula is C16H22BrNO3. The van der Waals surface area contributed by atoms with Crippen molar-refractivity contribution in [3.05, 3.63) is 34.3 Å². The number of nitrogens with zero attached hydrogens (tertiary/aromatic N) is 1. The van der Waals surface area contributed by atoms with E-state index in [2.05, 4.69) is 15.9 Å². The molecule has 0 aromatic heterocycles. The highest BCUT2D eigenvalue weighted by Crippen LogP contribution is 2.25. The Labute approximate surface area is 134 Å². The summed E-state index contributed by atoms with van der Waals surface area (Å²) in [4.78, 5) is 24.6. The van der Waals surface area contributed by atoms with Gasteiger partial charge in [0.25, 0.3) is 0 Å². The third-order valence-corrected chi connectivity index (χ3v) is 3.86. The highest BCUT2D eigenvalue weighted by atomic mass is 79.9. The Morgan fingerprint density at radius 2 is 1.76 bits per heavy atom. The van der Waals surface area contributed by atoms with Crippen LogP contribution < -0.4 is 0 Å². The summed E-state index contributed by atoms with van der Waals surface area (Å²) in [7, 11) is 1.76. The first kappa shape index (κ1) is 17.7. The van der Waals surface area contributed by atoms with Crippen LogP contribution in [0, 0.1) is 5.41 Å². The fourth-order valence-electron chi connectivity index (χ4n) is 2.09. The number of rotatable bonds is 7. The first-order valence-corrected chi connectivity index (χ1v) is 7.69. The van der Waals surface area contributed by atoms with Crippen LogP contribution in [0.1, 0.15) is 32.3 Å². The molecule has 0 spiro atoms. The zero-order chi connectivity index (χ0) is 16.0. The van der Waals surface area contributed by atoms with Crippen LogP contribution in [0.3, 0.4) is 0 Å². The third kappa shape index (κ3) is 6.76. The molecule has 0 aliphatic rings. The highest BCUT2D eigenvalue weighted by molar-refractivity contribution is 9.10. The Bertz CT molecular complexity index is 497. The highest BCUT2D eigenvalue weighted by Gasteiger charge is 2.26.